The second-order valence-corrected chi connectivity index (χ2v) is 12.3. The third kappa shape index (κ3) is 5.10. The number of hydrogen-bond acceptors (Lipinski definition) is 5. The van der Waals surface area contributed by atoms with Gasteiger partial charge in [0.2, 0.25) is 0 Å². The number of fused-ring (bicyclic) bond motifs is 2. The Morgan fingerprint density at radius 3 is 2.60 bits per heavy atom. The fraction of sp³-hybridized carbons (Fsp3) is 0.424. The Morgan fingerprint density at radius 1 is 1.12 bits per heavy atom. The molecule has 0 saturated carbocycles. The molecule has 3 aromatic carbocycles. The van der Waals surface area contributed by atoms with Crippen molar-refractivity contribution < 1.29 is 14.6 Å². The predicted octanol–water partition coefficient (Wildman–Crippen LogP) is 6.48. The molecule has 1 aromatic heterocycles. The second kappa shape index (κ2) is 10.4. The molecule has 1 aliphatic rings. The van der Waals surface area contributed by atoms with E-state index in [4.69, 9.17) is 4.74 Å². The van der Waals surface area contributed by atoms with Crippen molar-refractivity contribution >= 4 is 17.0 Å². The molecule has 0 spiro atoms. The van der Waals surface area contributed by atoms with Crippen molar-refractivity contribution in [2.75, 3.05) is 6.54 Å². The van der Waals surface area contributed by atoms with Gasteiger partial charge in [0.1, 0.15) is 16.9 Å². The maximum Gasteiger partial charge on any atom is 0.310 e. The van der Waals surface area contributed by atoms with Crippen LogP contribution in [0.1, 0.15) is 73.9 Å². The summed E-state index contributed by atoms with van der Waals surface area (Å²) in [6.07, 6.45) is 0. The smallest absolute Gasteiger partial charge is 0.310 e. The van der Waals surface area contributed by atoms with E-state index in [0.717, 1.165) is 59.7 Å². The molecule has 7 heteroatoms. The largest absolute Gasteiger partial charge is 0.486 e. The Balaban J connectivity index is 1.57. The molecule has 1 atom stereocenters. The highest BCUT2D eigenvalue weighted by Crippen LogP contribution is 2.44. The summed E-state index contributed by atoms with van der Waals surface area (Å²) < 4.78 is 8.24. The van der Waals surface area contributed by atoms with Gasteiger partial charge in [0.05, 0.1) is 10.9 Å². The van der Waals surface area contributed by atoms with E-state index in [1.807, 2.05) is 50.6 Å². The molecule has 210 valence electrons. The first-order chi connectivity index (χ1) is 18.9. The van der Waals surface area contributed by atoms with Gasteiger partial charge in [-0.2, -0.15) is 0 Å². The molecule has 1 unspecified atom stereocenters. The number of aromatic nitrogens is 3. The van der Waals surface area contributed by atoms with Gasteiger partial charge < -0.3 is 9.84 Å². The van der Waals surface area contributed by atoms with Crippen LogP contribution in [0.4, 0.5) is 0 Å². The van der Waals surface area contributed by atoms with E-state index in [1.165, 1.54) is 16.7 Å². The molecule has 0 radical (unpaired) electrons. The van der Waals surface area contributed by atoms with Crippen LogP contribution >= 0.6 is 0 Å². The summed E-state index contributed by atoms with van der Waals surface area (Å²) in [7, 11) is 0. The van der Waals surface area contributed by atoms with E-state index >= 15 is 0 Å². The molecule has 0 fully saturated rings. The average Bonchev–Trinajstić information content (AvgIpc) is 3.26. The lowest BCUT2D eigenvalue weighted by Crippen LogP contribution is -2.40. The van der Waals surface area contributed by atoms with Crippen LogP contribution < -0.4 is 4.74 Å². The molecule has 0 aliphatic carbocycles. The highest BCUT2D eigenvalue weighted by atomic mass is 16.5. The Kier molecular flexibility index (Phi) is 7.21. The average molecular weight is 541 g/mol. The number of ether oxygens (including phenoxy) is 1. The van der Waals surface area contributed by atoms with Crippen molar-refractivity contribution in [1.29, 1.82) is 0 Å². The van der Waals surface area contributed by atoms with Gasteiger partial charge in [-0.1, -0.05) is 47.7 Å². The van der Waals surface area contributed by atoms with Gasteiger partial charge in [0.25, 0.3) is 0 Å². The molecule has 40 heavy (non-hydrogen) atoms. The van der Waals surface area contributed by atoms with Crippen LogP contribution in [0, 0.1) is 19.3 Å². The number of nitrogens with zero attached hydrogens (tertiary/aromatic N) is 4. The summed E-state index contributed by atoms with van der Waals surface area (Å²) in [6.45, 7) is 17.1. The Hall–Kier alpha value is -3.71. The molecule has 0 saturated heterocycles. The predicted molar refractivity (Wildman–Crippen MR) is 158 cm³/mol. The molecule has 2 heterocycles. The van der Waals surface area contributed by atoms with E-state index in [-0.39, 0.29) is 11.5 Å². The Morgan fingerprint density at radius 2 is 1.88 bits per heavy atom. The summed E-state index contributed by atoms with van der Waals surface area (Å²) in [5.74, 6) is -0.265. The van der Waals surface area contributed by atoms with E-state index in [0.29, 0.717) is 0 Å². The molecule has 0 bridgehead atoms. The van der Waals surface area contributed by atoms with E-state index in [2.05, 4.69) is 72.4 Å². The standard InChI is InChI=1S/C33H40N4O3/c1-8-37-27-16-15-26(22(3)30(27)34-35-37)29(33(6,7)31(38)39)23-14-13-21(2)25(17-23)19-36-18-24-11-9-10-12-28(24)40-32(4,5)20-36/h9-17,29H,8,18-20H2,1-7H3,(H,38,39). The third-order valence-electron chi connectivity index (χ3n) is 8.32. The maximum atomic E-state index is 12.7. The monoisotopic (exact) mass is 540 g/mol. The fourth-order valence-corrected chi connectivity index (χ4v) is 6.13. The minimum Gasteiger partial charge on any atom is -0.486 e. The van der Waals surface area contributed by atoms with Crippen LogP contribution in [-0.4, -0.2) is 43.1 Å². The number of carbonyl (C=O) groups is 1. The molecule has 1 N–H and O–H groups in total. The van der Waals surface area contributed by atoms with E-state index in [9.17, 15) is 9.90 Å². The molecule has 0 amide bonds. The number of carboxylic acid groups (broad SMARTS) is 1. The Labute approximate surface area is 236 Å². The lowest BCUT2D eigenvalue weighted by Gasteiger charge is -2.33. The van der Waals surface area contributed by atoms with Crippen LogP contribution in [0.3, 0.4) is 0 Å². The van der Waals surface area contributed by atoms with Crippen molar-refractivity contribution in [3.8, 4) is 5.75 Å². The number of hydrogen-bond donors (Lipinski definition) is 1. The third-order valence-corrected chi connectivity index (χ3v) is 8.32. The number of carboxylic acids is 1. The fourth-order valence-electron chi connectivity index (χ4n) is 6.13. The van der Waals surface area contributed by atoms with Crippen molar-refractivity contribution in [2.24, 2.45) is 5.41 Å². The highest BCUT2D eigenvalue weighted by Gasteiger charge is 2.40. The first-order valence-corrected chi connectivity index (χ1v) is 14.1. The molecular formula is C33H40N4O3. The zero-order chi connectivity index (χ0) is 28.8. The van der Waals surface area contributed by atoms with E-state index in [1.54, 1.807) is 0 Å². The van der Waals surface area contributed by atoms with Crippen molar-refractivity contribution in [2.45, 2.75) is 79.6 Å². The van der Waals surface area contributed by atoms with Crippen LogP contribution in [0.15, 0.2) is 54.6 Å². The summed E-state index contributed by atoms with van der Waals surface area (Å²) in [5.41, 5.74) is 6.88. The van der Waals surface area contributed by atoms with Crippen LogP contribution in [0.5, 0.6) is 5.75 Å². The van der Waals surface area contributed by atoms with Crippen LogP contribution in [0.2, 0.25) is 0 Å². The van der Waals surface area contributed by atoms with Crippen molar-refractivity contribution in [1.82, 2.24) is 19.9 Å². The number of rotatable bonds is 7. The number of aryl methyl sites for hydroxylation is 3. The van der Waals surface area contributed by atoms with Crippen molar-refractivity contribution in [3.05, 3.63) is 88.0 Å². The molecular weight excluding hydrogens is 500 g/mol. The summed E-state index contributed by atoms with van der Waals surface area (Å²) in [5, 5.41) is 19.1. The first-order valence-electron chi connectivity index (χ1n) is 14.1. The van der Waals surface area contributed by atoms with Gasteiger partial charge in [-0.05, 0) is 88.4 Å². The molecule has 4 aromatic rings. The minimum absolute atomic E-state index is 0.339. The van der Waals surface area contributed by atoms with Gasteiger partial charge in [0, 0.05) is 37.7 Å². The minimum atomic E-state index is -1.05. The summed E-state index contributed by atoms with van der Waals surface area (Å²) in [4.78, 5) is 15.1. The topological polar surface area (TPSA) is 80.5 Å². The summed E-state index contributed by atoms with van der Waals surface area (Å²) in [6, 6.07) is 18.8. The maximum absolute atomic E-state index is 12.7. The molecule has 7 nitrogen and oxygen atoms in total. The van der Waals surface area contributed by atoms with Gasteiger partial charge in [-0.25, -0.2) is 4.68 Å². The number of aliphatic carboxylic acids is 1. The molecule has 5 rings (SSSR count). The Bertz CT molecular complexity index is 1570. The quantitative estimate of drug-likeness (QED) is 0.289. The first kappa shape index (κ1) is 27.8. The lowest BCUT2D eigenvalue weighted by molar-refractivity contribution is -0.147. The van der Waals surface area contributed by atoms with E-state index < -0.39 is 11.4 Å². The second-order valence-electron chi connectivity index (χ2n) is 12.3. The van der Waals surface area contributed by atoms with Crippen LogP contribution in [0.25, 0.3) is 11.0 Å². The normalized spacial score (nSPS) is 16.3. The molecule has 1 aliphatic heterocycles. The van der Waals surface area contributed by atoms with Crippen molar-refractivity contribution in [3.63, 3.8) is 0 Å². The highest BCUT2D eigenvalue weighted by molar-refractivity contribution is 5.82. The van der Waals surface area contributed by atoms with Gasteiger partial charge in [-0.3, -0.25) is 9.69 Å². The summed E-state index contributed by atoms with van der Waals surface area (Å²) >= 11 is 0. The van der Waals surface area contributed by atoms with Gasteiger partial charge in [-0.15, -0.1) is 5.10 Å². The lowest BCUT2D eigenvalue weighted by atomic mass is 9.69. The SMILES string of the molecule is CCn1nnc2c(C)c(C(c3ccc(C)c(CN4Cc5ccccc5OC(C)(C)C4)c3)C(C)(C)C(=O)O)ccc21. The number of para-hydroxylation sites is 1. The van der Waals surface area contributed by atoms with Gasteiger partial charge in [0.15, 0.2) is 0 Å². The van der Waals surface area contributed by atoms with Gasteiger partial charge >= 0.3 is 5.97 Å². The zero-order valence-electron chi connectivity index (χ0n) is 24.7. The zero-order valence-corrected chi connectivity index (χ0v) is 24.7. The van der Waals surface area contributed by atoms with Crippen LogP contribution in [-0.2, 0) is 24.4 Å². The number of benzene rings is 3.